The van der Waals surface area contributed by atoms with Gasteiger partial charge in [-0.3, -0.25) is 0 Å². The average Bonchev–Trinajstić information content (AvgIpc) is 3.13. The van der Waals surface area contributed by atoms with Crippen LogP contribution in [0.5, 0.6) is 5.88 Å². The predicted octanol–water partition coefficient (Wildman–Crippen LogP) is 2.20. The van der Waals surface area contributed by atoms with E-state index in [-0.39, 0.29) is 11.9 Å². The lowest BCUT2D eigenvalue weighted by Crippen LogP contribution is -2.44. The topological polar surface area (TPSA) is 103 Å². The minimum Gasteiger partial charge on any atom is -0.481 e. The molecule has 2 aromatic heterocycles. The number of ether oxygens (including phenoxy) is 2. The second-order valence-corrected chi connectivity index (χ2v) is 5.96. The van der Waals surface area contributed by atoms with E-state index in [4.69, 9.17) is 13.9 Å². The van der Waals surface area contributed by atoms with Crippen LogP contribution in [0.2, 0.25) is 0 Å². The quantitative estimate of drug-likeness (QED) is 0.904. The fourth-order valence-corrected chi connectivity index (χ4v) is 2.37. The van der Waals surface area contributed by atoms with Gasteiger partial charge in [0.15, 0.2) is 6.10 Å². The zero-order valence-corrected chi connectivity index (χ0v) is 14.4. The first-order valence-corrected chi connectivity index (χ1v) is 8.07. The Morgan fingerprint density at radius 2 is 2.24 bits per heavy atom. The summed E-state index contributed by atoms with van der Waals surface area (Å²) in [5.41, 5.74) is 0.591. The van der Waals surface area contributed by atoms with Crippen LogP contribution in [-0.2, 0) is 4.74 Å². The maximum atomic E-state index is 12.4. The highest BCUT2D eigenvalue weighted by atomic mass is 16.5. The van der Waals surface area contributed by atoms with Crippen LogP contribution in [0.1, 0.15) is 37.7 Å². The zero-order valence-electron chi connectivity index (χ0n) is 14.4. The Kier molecular flexibility index (Phi) is 5.13. The molecule has 2 amide bonds. The highest BCUT2D eigenvalue weighted by Crippen LogP contribution is 2.24. The third-order valence-electron chi connectivity index (χ3n) is 3.78. The summed E-state index contributed by atoms with van der Waals surface area (Å²) in [7, 11) is 1.54. The summed E-state index contributed by atoms with van der Waals surface area (Å²) in [5.74, 6) is 1.59. The summed E-state index contributed by atoms with van der Waals surface area (Å²) in [5, 5.41) is 10.8. The SMILES string of the molecule is COc1ccc(NC(=O)N2CCO[C@@H](c3nnc(C(C)C)o3)C2)cn1. The van der Waals surface area contributed by atoms with Gasteiger partial charge in [0.1, 0.15) is 0 Å². The number of pyridine rings is 1. The van der Waals surface area contributed by atoms with Crippen LogP contribution in [0.25, 0.3) is 0 Å². The molecule has 0 spiro atoms. The Labute approximate surface area is 145 Å². The molecule has 25 heavy (non-hydrogen) atoms. The number of anilines is 1. The number of nitrogens with one attached hydrogen (secondary N) is 1. The van der Waals surface area contributed by atoms with Crippen molar-refractivity contribution < 1.29 is 18.7 Å². The third-order valence-corrected chi connectivity index (χ3v) is 3.78. The molecule has 134 valence electrons. The zero-order chi connectivity index (χ0) is 17.8. The number of hydrogen-bond acceptors (Lipinski definition) is 7. The molecule has 1 saturated heterocycles. The summed E-state index contributed by atoms with van der Waals surface area (Å²) in [6.45, 7) is 5.17. The predicted molar refractivity (Wildman–Crippen MR) is 88.5 cm³/mol. The molecule has 0 saturated carbocycles. The van der Waals surface area contributed by atoms with Crippen molar-refractivity contribution in [1.29, 1.82) is 0 Å². The van der Waals surface area contributed by atoms with E-state index in [0.717, 1.165) is 0 Å². The Morgan fingerprint density at radius 3 is 2.88 bits per heavy atom. The minimum absolute atomic E-state index is 0.145. The van der Waals surface area contributed by atoms with Gasteiger partial charge in [-0.1, -0.05) is 13.8 Å². The number of carbonyl (C=O) groups is 1. The summed E-state index contributed by atoms with van der Waals surface area (Å²) < 4.78 is 16.3. The average molecular weight is 347 g/mol. The minimum atomic E-state index is -0.423. The molecule has 1 aliphatic heterocycles. The van der Waals surface area contributed by atoms with E-state index < -0.39 is 6.10 Å². The highest BCUT2D eigenvalue weighted by molar-refractivity contribution is 5.89. The monoisotopic (exact) mass is 347 g/mol. The van der Waals surface area contributed by atoms with E-state index in [0.29, 0.717) is 43.0 Å². The lowest BCUT2D eigenvalue weighted by Gasteiger charge is -2.31. The van der Waals surface area contributed by atoms with Gasteiger partial charge in [-0.05, 0) is 6.07 Å². The first-order chi connectivity index (χ1) is 12.1. The van der Waals surface area contributed by atoms with E-state index in [1.165, 1.54) is 7.11 Å². The summed E-state index contributed by atoms with van der Waals surface area (Å²) >= 11 is 0. The van der Waals surface area contributed by atoms with E-state index in [1.54, 1.807) is 23.2 Å². The van der Waals surface area contributed by atoms with E-state index in [1.807, 2.05) is 13.8 Å². The molecule has 9 heteroatoms. The molecule has 1 fully saturated rings. The molecule has 3 heterocycles. The van der Waals surface area contributed by atoms with Crippen LogP contribution in [0.3, 0.4) is 0 Å². The van der Waals surface area contributed by atoms with Crippen LogP contribution in [-0.4, -0.2) is 52.9 Å². The Hall–Kier alpha value is -2.68. The largest absolute Gasteiger partial charge is 0.481 e. The van der Waals surface area contributed by atoms with E-state index in [2.05, 4.69) is 20.5 Å². The molecule has 9 nitrogen and oxygen atoms in total. The number of morpholine rings is 1. The standard InChI is InChI=1S/C16H21N5O4/c1-10(2)14-19-20-15(25-14)12-9-21(6-7-24-12)16(22)18-11-4-5-13(23-3)17-8-11/h4-5,8,10,12H,6-7,9H2,1-3H3,(H,18,22)/t12-/m1/s1. The molecule has 1 aliphatic rings. The van der Waals surface area contributed by atoms with Gasteiger partial charge in [0.2, 0.25) is 17.7 Å². The van der Waals surface area contributed by atoms with Crippen LogP contribution in [0, 0.1) is 0 Å². The van der Waals surface area contributed by atoms with Crippen molar-refractivity contribution >= 4 is 11.7 Å². The van der Waals surface area contributed by atoms with Gasteiger partial charge in [-0.25, -0.2) is 9.78 Å². The normalized spacial score (nSPS) is 17.6. The molecule has 0 bridgehead atoms. The van der Waals surface area contributed by atoms with Crippen molar-refractivity contribution in [2.45, 2.75) is 25.9 Å². The summed E-state index contributed by atoms with van der Waals surface area (Å²) in [6.07, 6.45) is 1.12. The third kappa shape index (κ3) is 4.05. The van der Waals surface area contributed by atoms with Crippen LogP contribution in [0.15, 0.2) is 22.7 Å². The number of methoxy groups -OCH3 is 1. The van der Waals surface area contributed by atoms with Crippen LogP contribution >= 0.6 is 0 Å². The van der Waals surface area contributed by atoms with Crippen molar-refractivity contribution in [3.8, 4) is 5.88 Å². The molecule has 0 aliphatic carbocycles. The fourth-order valence-electron chi connectivity index (χ4n) is 2.37. The molecule has 1 atom stereocenters. The fraction of sp³-hybridized carbons (Fsp3) is 0.500. The smallest absolute Gasteiger partial charge is 0.322 e. The molecule has 2 aromatic rings. The van der Waals surface area contributed by atoms with Gasteiger partial charge in [0, 0.05) is 18.5 Å². The maximum Gasteiger partial charge on any atom is 0.322 e. The van der Waals surface area contributed by atoms with E-state index in [9.17, 15) is 4.79 Å². The number of urea groups is 1. The maximum absolute atomic E-state index is 12.4. The molecule has 0 aromatic carbocycles. The molecule has 3 rings (SSSR count). The molecular weight excluding hydrogens is 326 g/mol. The first kappa shape index (κ1) is 17.2. The number of carbonyl (C=O) groups excluding carboxylic acids is 1. The second-order valence-electron chi connectivity index (χ2n) is 5.96. The van der Waals surface area contributed by atoms with Gasteiger partial charge in [0.05, 0.1) is 32.1 Å². The summed E-state index contributed by atoms with van der Waals surface area (Å²) in [4.78, 5) is 18.2. The van der Waals surface area contributed by atoms with Crippen molar-refractivity contribution in [3.05, 3.63) is 30.1 Å². The molecule has 0 unspecified atom stereocenters. The second kappa shape index (κ2) is 7.47. The number of aromatic nitrogens is 3. The number of rotatable bonds is 4. The lowest BCUT2D eigenvalue weighted by atomic mass is 10.2. The Morgan fingerprint density at radius 1 is 1.40 bits per heavy atom. The van der Waals surface area contributed by atoms with Gasteiger partial charge in [0.25, 0.3) is 0 Å². The summed E-state index contributed by atoms with van der Waals surface area (Å²) in [6, 6.07) is 3.18. The van der Waals surface area contributed by atoms with Crippen molar-refractivity contribution in [3.63, 3.8) is 0 Å². The lowest BCUT2D eigenvalue weighted by molar-refractivity contribution is -0.0276. The van der Waals surface area contributed by atoms with Crippen molar-refractivity contribution in [2.75, 3.05) is 32.1 Å². The number of amides is 2. The van der Waals surface area contributed by atoms with Crippen LogP contribution in [0.4, 0.5) is 10.5 Å². The van der Waals surface area contributed by atoms with Gasteiger partial charge < -0.3 is 24.1 Å². The Bertz CT molecular complexity index is 716. The van der Waals surface area contributed by atoms with Gasteiger partial charge in [-0.2, -0.15) is 0 Å². The van der Waals surface area contributed by atoms with E-state index >= 15 is 0 Å². The van der Waals surface area contributed by atoms with Crippen molar-refractivity contribution in [1.82, 2.24) is 20.1 Å². The molecular formula is C16H21N5O4. The highest BCUT2D eigenvalue weighted by Gasteiger charge is 2.29. The number of nitrogens with zero attached hydrogens (tertiary/aromatic N) is 4. The van der Waals surface area contributed by atoms with Gasteiger partial charge >= 0.3 is 6.03 Å². The van der Waals surface area contributed by atoms with Gasteiger partial charge in [-0.15, -0.1) is 10.2 Å². The van der Waals surface area contributed by atoms with Crippen molar-refractivity contribution in [2.24, 2.45) is 0 Å². The molecule has 1 N–H and O–H groups in total. The first-order valence-electron chi connectivity index (χ1n) is 8.07. The number of hydrogen-bond donors (Lipinski definition) is 1. The molecule has 0 radical (unpaired) electrons. The van der Waals surface area contributed by atoms with Crippen LogP contribution < -0.4 is 10.1 Å². The Balaban J connectivity index is 1.62.